The molecule has 0 nitrogen and oxygen atoms in total. The highest BCUT2D eigenvalue weighted by molar-refractivity contribution is 5.21. The van der Waals surface area contributed by atoms with E-state index in [0.29, 0.717) is 0 Å². The van der Waals surface area contributed by atoms with Crippen LogP contribution < -0.4 is 0 Å². The Bertz CT molecular complexity index is 418. The first-order valence-corrected chi connectivity index (χ1v) is 7.82. The quantitative estimate of drug-likeness (QED) is 0.481. The van der Waals surface area contributed by atoms with Gasteiger partial charge in [0.2, 0.25) is 0 Å². The summed E-state index contributed by atoms with van der Waals surface area (Å²) in [5.41, 5.74) is 0. The van der Waals surface area contributed by atoms with Crippen LogP contribution in [0.3, 0.4) is 0 Å². The molecule has 1 rings (SSSR count). The second-order valence-corrected chi connectivity index (χ2v) is 4.80. The van der Waals surface area contributed by atoms with Crippen molar-refractivity contribution < 1.29 is 0 Å². The van der Waals surface area contributed by atoms with E-state index in [0.717, 1.165) is 0 Å². The van der Waals surface area contributed by atoms with E-state index >= 15 is 0 Å². The lowest BCUT2D eigenvalue weighted by atomic mass is 10.1. The van der Waals surface area contributed by atoms with Crippen LogP contribution in [0.1, 0.15) is 32.1 Å². The smallest absolute Gasteiger partial charge is 0.0348 e. The average molecular weight is 278 g/mol. The molecular weight excluding hydrogens is 252 g/mol. The highest BCUT2D eigenvalue weighted by Crippen LogP contribution is 2.04. The average Bonchev–Trinajstić information content (AvgIpc) is 2.50. The Labute approximate surface area is 130 Å². The minimum Gasteiger partial charge on any atom is -0.0845 e. The maximum atomic E-state index is 2.25. The van der Waals surface area contributed by atoms with Crippen LogP contribution in [-0.4, -0.2) is 0 Å². The number of allylic oxidation sites excluding steroid dienone is 16. The van der Waals surface area contributed by atoms with E-state index in [-0.39, 0.29) is 0 Å². The third-order valence-corrected chi connectivity index (χ3v) is 2.96. The molecule has 0 atom stereocenters. The molecule has 0 heterocycles. The van der Waals surface area contributed by atoms with E-state index in [1.165, 1.54) is 32.1 Å². The van der Waals surface area contributed by atoms with Gasteiger partial charge in [-0.3, -0.25) is 0 Å². The van der Waals surface area contributed by atoms with Crippen molar-refractivity contribution in [3.63, 3.8) is 0 Å². The molecular formula is C21H26. The normalized spacial score (nSPS) is 17.9. The molecule has 1 aliphatic carbocycles. The minimum absolute atomic E-state index is 1.17. The van der Waals surface area contributed by atoms with Gasteiger partial charge >= 0.3 is 0 Å². The second kappa shape index (κ2) is 14.3. The molecule has 21 heavy (non-hydrogen) atoms. The Hall–Kier alpha value is -2.08. The molecule has 0 heteroatoms. The van der Waals surface area contributed by atoms with Crippen molar-refractivity contribution in [2.45, 2.75) is 32.1 Å². The highest BCUT2D eigenvalue weighted by atomic mass is 13.9. The summed E-state index contributed by atoms with van der Waals surface area (Å²) in [7, 11) is 0. The van der Waals surface area contributed by atoms with E-state index in [4.69, 9.17) is 0 Å². The van der Waals surface area contributed by atoms with Gasteiger partial charge < -0.3 is 0 Å². The number of rotatable bonds is 0. The molecule has 0 unspecified atom stereocenters. The van der Waals surface area contributed by atoms with Crippen molar-refractivity contribution in [3.05, 3.63) is 97.2 Å². The van der Waals surface area contributed by atoms with Crippen molar-refractivity contribution in [2.24, 2.45) is 0 Å². The van der Waals surface area contributed by atoms with Crippen LogP contribution in [0.2, 0.25) is 0 Å². The van der Waals surface area contributed by atoms with Crippen molar-refractivity contribution in [1.82, 2.24) is 0 Å². The summed E-state index contributed by atoms with van der Waals surface area (Å²) in [6.07, 6.45) is 39.5. The molecule has 0 saturated heterocycles. The van der Waals surface area contributed by atoms with E-state index in [1.54, 1.807) is 0 Å². The summed E-state index contributed by atoms with van der Waals surface area (Å²) in [6, 6.07) is 0. The van der Waals surface area contributed by atoms with Crippen LogP contribution in [0.15, 0.2) is 97.2 Å². The molecule has 0 amide bonds. The summed E-state index contributed by atoms with van der Waals surface area (Å²) in [4.78, 5) is 0. The summed E-state index contributed by atoms with van der Waals surface area (Å²) in [5, 5.41) is 0. The maximum Gasteiger partial charge on any atom is -0.0348 e. The molecule has 1 aliphatic rings. The van der Waals surface area contributed by atoms with Gasteiger partial charge in [0.25, 0.3) is 0 Å². The first-order valence-electron chi connectivity index (χ1n) is 7.82. The molecule has 0 aromatic heterocycles. The van der Waals surface area contributed by atoms with Gasteiger partial charge in [-0.25, -0.2) is 0 Å². The highest BCUT2D eigenvalue weighted by Gasteiger charge is 1.84. The zero-order valence-corrected chi connectivity index (χ0v) is 12.8. The first-order chi connectivity index (χ1) is 10.5. The topological polar surface area (TPSA) is 0 Å². The largest absolute Gasteiger partial charge is 0.0845 e. The Morgan fingerprint density at radius 2 is 0.571 bits per heavy atom. The summed E-state index contributed by atoms with van der Waals surface area (Å²) in [5.74, 6) is 0. The zero-order chi connectivity index (χ0) is 14.8. The van der Waals surface area contributed by atoms with Gasteiger partial charge in [0, 0.05) is 0 Å². The van der Waals surface area contributed by atoms with Gasteiger partial charge in [-0.05, 0) is 25.7 Å². The van der Waals surface area contributed by atoms with Crippen molar-refractivity contribution in [3.8, 4) is 0 Å². The lowest BCUT2D eigenvalue weighted by molar-refractivity contribution is 0.696. The lowest BCUT2D eigenvalue weighted by Crippen LogP contribution is -1.74. The molecule has 0 fully saturated rings. The summed E-state index contributed by atoms with van der Waals surface area (Å²) >= 11 is 0. The van der Waals surface area contributed by atoms with Crippen LogP contribution in [0.4, 0.5) is 0 Å². The third-order valence-electron chi connectivity index (χ3n) is 2.96. The van der Waals surface area contributed by atoms with Crippen molar-refractivity contribution >= 4 is 0 Å². The van der Waals surface area contributed by atoms with Crippen LogP contribution in [0, 0.1) is 0 Å². The predicted molar refractivity (Wildman–Crippen MR) is 96.2 cm³/mol. The molecule has 110 valence electrons. The van der Waals surface area contributed by atoms with E-state index < -0.39 is 0 Å². The lowest BCUT2D eigenvalue weighted by Gasteiger charge is -1.94. The van der Waals surface area contributed by atoms with Gasteiger partial charge in [-0.15, -0.1) is 0 Å². The molecule has 0 saturated carbocycles. The fourth-order valence-corrected chi connectivity index (χ4v) is 1.82. The van der Waals surface area contributed by atoms with Crippen molar-refractivity contribution in [1.29, 1.82) is 0 Å². The van der Waals surface area contributed by atoms with Crippen LogP contribution in [-0.2, 0) is 0 Å². The summed E-state index contributed by atoms with van der Waals surface area (Å²) < 4.78 is 0. The zero-order valence-electron chi connectivity index (χ0n) is 12.8. The van der Waals surface area contributed by atoms with Crippen LogP contribution >= 0.6 is 0 Å². The molecule has 0 bridgehead atoms. The molecule has 0 aliphatic heterocycles. The van der Waals surface area contributed by atoms with Crippen LogP contribution in [0.25, 0.3) is 0 Å². The molecule has 0 aromatic carbocycles. The molecule has 0 radical (unpaired) electrons. The molecule has 0 aromatic rings. The van der Waals surface area contributed by atoms with Crippen molar-refractivity contribution in [2.75, 3.05) is 0 Å². The number of hydrogen-bond acceptors (Lipinski definition) is 0. The van der Waals surface area contributed by atoms with Crippen LogP contribution in [0.5, 0.6) is 0 Å². The van der Waals surface area contributed by atoms with E-state index in [9.17, 15) is 0 Å². The Morgan fingerprint density at radius 3 is 0.905 bits per heavy atom. The second-order valence-electron chi connectivity index (χ2n) is 4.80. The van der Waals surface area contributed by atoms with Gasteiger partial charge in [0.1, 0.15) is 0 Å². The van der Waals surface area contributed by atoms with Gasteiger partial charge in [0.15, 0.2) is 0 Å². The van der Waals surface area contributed by atoms with E-state index in [2.05, 4.69) is 48.6 Å². The SMILES string of the molecule is C1=CC=CC=CC=CCCCCCC=CC=CC=CC=C1. The Kier molecular flexibility index (Phi) is 11.6. The first kappa shape index (κ1) is 17.0. The number of hydrogen-bond donors (Lipinski definition) is 0. The molecule has 0 spiro atoms. The monoisotopic (exact) mass is 278 g/mol. The third kappa shape index (κ3) is 12.7. The Morgan fingerprint density at radius 1 is 0.286 bits per heavy atom. The summed E-state index contributed by atoms with van der Waals surface area (Å²) in [6.45, 7) is 0. The minimum atomic E-state index is 1.17. The fourth-order valence-electron chi connectivity index (χ4n) is 1.82. The maximum absolute atomic E-state index is 2.25. The predicted octanol–water partition coefficient (Wildman–Crippen LogP) is 6.40. The van der Waals surface area contributed by atoms with E-state index in [1.807, 2.05) is 48.6 Å². The fraction of sp³-hybridized carbons (Fsp3) is 0.238. The van der Waals surface area contributed by atoms with Gasteiger partial charge in [-0.2, -0.15) is 0 Å². The Balaban J connectivity index is 2.49. The standard InChI is InChI=1S/C21H26/c1-2-4-6-8-10-12-14-16-18-20-21-19-17-15-13-11-9-7-5-3-1/h1-16H,17-21H2. The van der Waals surface area contributed by atoms with Gasteiger partial charge in [-0.1, -0.05) is 104 Å². The van der Waals surface area contributed by atoms with Gasteiger partial charge in [0.05, 0.1) is 0 Å². The molecule has 0 N–H and O–H groups in total.